The summed E-state index contributed by atoms with van der Waals surface area (Å²) < 4.78 is 44.4. The molecule has 3 rings (SSSR count). The summed E-state index contributed by atoms with van der Waals surface area (Å²) in [5.74, 6) is -4.42. The number of anilines is 1. The second-order valence-electron chi connectivity index (χ2n) is 7.50. The number of hydrogen-bond acceptors (Lipinski definition) is 6. The van der Waals surface area contributed by atoms with Crippen molar-refractivity contribution in [2.45, 2.75) is 31.0 Å². The van der Waals surface area contributed by atoms with Gasteiger partial charge in [0.05, 0.1) is 19.3 Å². The van der Waals surface area contributed by atoms with Crippen LogP contribution >= 0.6 is 0 Å². The van der Waals surface area contributed by atoms with Crippen molar-refractivity contribution in [1.82, 2.24) is 4.98 Å². The van der Waals surface area contributed by atoms with E-state index in [2.05, 4.69) is 10.3 Å². The lowest BCUT2D eigenvalue weighted by atomic mass is 9.86. The van der Waals surface area contributed by atoms with Crippen molar-refractivity contribution in [2.75, 3.05) is 26.1 Å². The molecule has 0 unspecified atom stereocenters. The highest BCUT2D eigenvalue weighted by Gasteiger charge is 2.48. The summed E-state index contributed by atoms with van der Waals surface area (Å²) in [6, 6.07) is 5.18. The molecule has 10 heteroatoms. The number of carbonyl (C=O) groups excluding carboxylic acids is 2. The topological polar surface area (TPSA) is 113 Å². The smallest absolute Gasteiger partial charge is 0.267 e. The molecule has 0 aliphatic carbocycles. The van der Waals surface area contributed by atoms with Gasteiger partial charge in [0.1, 0.15) is 11.8 Å². The second-order valence-corrected chi connectivity index (χ2v) is 7.50. The molecule has 2 amide bonds. The van der Waals surface area contributed by atoms with E-state index in [1.54, 1.807) is 6.92 Å². The van der Waals surface area contributed by atoms with Crippen LogP contribution in [0.15, 0.2) is 30.5 Å². The van der Waals surface area contributed by atoms with Crippen LogP contribution in [0.25, 0.3) is 0 Å². The van der Waals surface area contributed by atoms with E-state index in [0.29, 0.717) is 12.0 Å². The Balaban J connectivity index is 1.96. The maximum Gasteiger partial charge on any atom is 0.267 e. The third kappa shape index (κ3) is 4.64. The van der Waals surface area contributed by atoms with Crippen LogP contribution in [-0.2, 0) is 14.3 Å². The summed E-state index contributed by atoms with van der Waals surface area (Å²) in [6.07, 6.45) is 0.559. The number of hydrogen-bond donors (Lipinski definition) is 2. The molecule has 166 valence electrons. The highest BCUT2D eigenvalue weighted by atomic mass is 19.2. The number of rotatable bonds is 7. The molecular formula is C21H23F2N3O5. The molecule has 1 aliphatic heterocycles. The standard InChI is InChI=1S/C21H23F2N3O5/c1-21(10-29-2)9-13(12-4-5-14(22)16(23)17(12)30-3)18(31-21)20(28)26-11-6-7-25-15(8-11)19(24)27/h4-8,13,18H,9-10H2,1-3H3,(H2,24,27)(H,25,26,28)/t13-,18+,21-/m1/s1. The normalized spacial score (nSPS) is 22.9. The van der Waals surface area contributed by atoms with Gasteiger partial charge >= 0.3 is 0 Å². The first kappa shape index (κ1) is 22.6. The van der Waals surface area contributed by atoms with Crippen molar-refractivity contribution < 1.29 is 32.6 Å². The summed E-state index contributed by atoms with van der Waals surface area (Å²) in [5.41, 5.74) is 4.94. The predicted octanol–water partition coefficient (Wildman–Crippen LogP) is 2.38. The van der Waals surface area contributed by atoms with Crippen molar-refractivity contribution >= 4 is 17.5 Å². The fourth-order valence-electron chi connectivity index (χ4n) is 3.82. The van der Waals surface area contributed by atoms with Gasteiger partial charge in [0.2, 0.25) is 5.82 Å². The second kappa shape index (κ2) is 8.94. The van der Waals surface area contributed by atoms with Crippen LogP contribution in [0.4, 0.5) is 14.5 Å². The maximum absolute atomic E-state index is 14.3. The zero-order chi connectivity index (χ0) is 22.8. The van der Waals surface area contributed by atoms with Crippen molar-refractivity contribution in [3.05, 3.63) is 53.4 Å². The molecule has 1 aliphatic rings. The molecule has 1 fully saturated rings. The molecule has 0 radical (unpaired) electrons. The first-order valence-corrected chi connectivity index (χ1v) is 9.44. The molecule has 1 aromatic carbocycles. The van der Waals surface area contributed by atoms with E-state index in [9.17, 15) is 18.4 Å². The van der Waals surface area contributed by atoms with Crippen molar-refractivity contribution in [1.29, 1.82) is 0 Å². The van der Waals surface area contributed by atoms with Gasteiger partial charge in [0.15, 0.2) is 11.6 Å². The SMILES string of the molecule is COC[C@@]1(C)C[C@H](c2ccc(F)c(F)c2OC)[C@@H](C(=O)Nc2ccnc(C(N)=O)c2)O1. The molecule has 31 heavy (non-hydrogen) atoms. The fraction of sp³-hybridized carbons (Fsp3) is 0.381. The van der Waals surface area contributed by atoms with Gasteiger partial charge in [-0.15, -0.1) is 0 Å². The predicted molar refractivity (Wildman–Crippen MR) is 107 cm³/mol. The minimum absolute atomic E-state index is 0.0202. The van der Waals surface area contributed by atoms with Gasteiger partial charge in [-0.2, -0.15) is 4.39 Å². The minimum Gasteiger partial charge on any atom is -0.493 e. The third-order valence-electron chi connectivity index (χ3n) is 5.10. The zero-order valence-corrected chi connectivity index (χ0v) is 17.3. The molecule has 0 bridgehead atoms. The Labute approximate surface area is 177 Å². The number of methoxy groups -OCH3 is 2. The van der Waals surface area contributed by atoms with Gasteiger partial charge in [-0.3, -0.25) is 14.6 Å². The van der Waals surface area contributed by atoms with Crippen LogP contribution in [0, 0.1) is 11.6 Å². The molecule has 2 aromatic rings. The lowest BCUT2D eigenvalue weighted by Crippen LogP contribution is -2.35. The molecule has 1 aromatic heterocycles. The summed E-state index contributed by atoms with van der Waals surface area (Å²) in [6.45, 7) is 1.95. The molecule has 0 spiro atoms. The van der Waals surface area contributed by atoms with Gasteiger partial charge < -0.3 is 25.3 Å². The summed E-state index contributed by atoms with van der Waals surface area (Å²) in [7, 11) is 2.72. The Morgan fingerprint density at radius 1 is 1.32 bits per heavy atom. The zero-order valence-electron chi connectivity index (χ0n) is 17.3. The van der Waals surface area contributed by atoms with E-state index in [-0.39, 0.29) is 23.7 Å². The largest absolute Gasteiger partial charge is 0.493 e. The molecule has 3 atom stereocenters. The summed E-state index contributed by atoms with van der Waals surface area (Å²) >= 11 is 0. The highest BCUT2D eigenvalue weighted by molar-refractivity contribution is 5.97. The number of nitrogens with zero attached hydrogens (tertiary/aromatic N) is 1. The quantitative estimate of drug-likeness (QED) is 0.691. The van der Waals surface area contributed by atoms with Crippen LogP contribution in [0.1, 0.15) is 35.3 Å². The number of carbonyl (C=O) groups is 2. The maximum atomic E-state index is 14.3. The Morgan fingerprint density at radius 2 is 2.06 bits per heavy atom. The molecule has 0 saturated carbocycles. The van der Waals surface area contributed by atoms with Crippen LogP contribution in [-0.4, -0.2) is 49.3 Å². The molecular weight excluding hydrogens is 412 g/mol. The number of aromatic nitrogens is 1. The minimum atomic E-state index is -1.14. The average Bonchev–Trinajstić information content (AvgIpc) is 3.07. The summed E-state index contributed by atoms with van der Waals surface area (Å²) in [5, 5.41) is 2.66. The van der Waals surface area contributed by atoms with E-state index < -0.39 is 41.1 Å². The number of amides is 2. The Bertz CT molecular complexity index is 1000. The Morgan fingerprint density at radius 3 is 2.71 bits per heavy atom. The number of halogens is 2. The van der Waals surface area contributed by atoms with Gasteiger partial charge in [0, 0.05) is 30.5 Å². The monoisotopic (exact) mass is 435 g/mol. The first-order chi connectivity index (χ1) is 14.7. The van der Waals surface area contributed by atoms with E-state index in [0.717, 1.165) is 6.07 Å². The van der Waals surface area contributed by atoms with Crippen molar-refractivity contribution in [3.8, 4) is 5.75 Å². The van der Waals surface area contributed by atoms with Gasteiger partial charge in [-0.1, -0.05) is 6.07 Å². The number of benzene rings is 1. The van der Waals surface area contributed by atoms with Gasteiger partial charge in [0.25, 0.3) is 11.8 Å². The number of ether oxygens (including phenoxy) is 3. The summed E-state index contributed by atoms with van der Waals surface area (Å²) in [4.78, 5) is 28.3. The Kier molecular flexibility index (Phi) is 6.51. The van der Waals surface area contributed by atoms with E-state index in [4.69, 9.17) is 19.9 Å². The van der Waals surface area contributed by atoms with E-state index in [1.807, 2.05) is 0 Å². The molecule has 1 saturated heterocycles. The van der Waals surface area contributed by atoms with Crippen LogP contribution in [0.2, 0.25) is 0 Å². The van der Waals surface area contributed by atoms with E-state index in [1.165, 1.54) is 38.6 Å². The number of nitrogens with two attached hydrogens (primary N) is 1. The van der Waals surface area contributed by atoms with Crippen LogP contribution in [0.5, 0.6) is 5.75 Å². The van der Waals surface area contributed by atoms with Gasteiger partial charge in [-0.25, -0.2) is 4.39 Å². The number of pyridine rings is 1. The number of nitrogens with one attached hydrogen (secondary N) is 1. The molecule has 8 nitrogen and oxygen atoms in total. The molecule has 2 heterocycles. The Hall–Kier alpha value is -3.11. The molecule has 3 N–H and O–H groups in total. The average molecular weight is 435 g/mol. The van der Waals surface area contributed by atoms with Gasteiger partial charge in [-0.05, 0) is 31.5 Å². The third-order valence-corrected chi connectivity index (χ3v) is 5.10. The van der Waals surface area contributed by atoms with Crippen molar-refractivity contribution in [3.63, 3.8) is 0 Å². The van der Waals surface area contributed by atoms with Crippen molar-refractivity contribution in [2.24, 2.45) is 5.73 Å². The first-order valence-electron chi connectivity index (χ1n) is 9.44. The lowest BCUT2D eigenvalue weighted by molar-refractivity contribution is -0.134. The fourth-order valence-corrected chi connectivity index (χ4v) is 3.82. The van der Waals surface area contributed by atoms with E-state index >= 15 is 0 Å². The van der Waals surface area contributed by atoms with Crippen LogP contribution < -0.4 is 15.8 Å². The van der Waals surface area contributed by atoms with Crippen LogP contribution in [0.3, 0.4) is 0 Å². The number of primary amides is 1. The lowest BCUT2D eigenvalue weighted by Gasteiger charge is -2.23. The highest BCUT2D eigenvalue weighted by Crippen LogP contribution is 2.45.